The predicted molar refractivity (Wildman–Crippen MR) is 68.8 cm³/mol. The molecular formula is C13H28N2O. The standard InChI is InChI=1S/C13H28N2O/c1-13(2,3)16-9-7-14-10-12-6-5-8-15(4)11-12/h12,14H,5-11H2,1-4H3. The molecule has 0 radical (unpaired) electrons. The van der Waals surface area contributed by atoms with Crippen LogP contribution >= 0.6 is 0 Å². The number of nitrogens with zero attached hydrogens (tertiary/aromatic N) is 1. The Balaban J connectivity index is 1.98. The SMILES string of the molecule is CN1CCCC(CNCCOC(C)(C)C)C1. The lowest BCUT2D eigenvalue weighted by Gasteiger charge is -2.30. The van der Waals surface area contributed by atoms with Gasteiger partial charge in [-0.1, -0.05) is 0 Å². The lowest BCUT2D eigenvalue weighted by Crippen LogP contribution is -2.38. The first-order valence-electron chi connectivity index (χ1n) is 6.50. The second kappa shape index (κ2) is 6.58. The van der Waals surface area contributed by atoms with Crippen molar-refractivity contribution in [2.45, 2.75) is 39.2 Å². The average Bonchev–Trinajstić information content (AvgIpc) is 2.15. The van der Waals surface area contributed by atoms with Crippen LogP contribution in [0.3, 0.4) is 0 Å². The van der Waals surface area contributed by atoms with E-state index in [0.717, 1.165) is 25.6 Å². The molecule has 0 saturated carbocycles. The molecule has 1 rings (SSSR count). The van der Waals surface area contributed by atoms with E-state index in [9.17, 15) is 0 Å². The van der Waals surface area contributed by atoms with Crippen LogP contribution in [0.5, 0.6) is 0 Å². The van der Waals surface area contributed by atoms with Gasteiger partial charge in [0.25, 0.3) is 0 Å². The zero-order chi connectivity index (χ0) is 12.0. The van der Waals surface area contributed by atoms with Gasteiger partial charge in [0.2, 0.25) is 0 Å². The molecule has 1 fully saturated rings. The molecule has 0 aromatic heterocycles. The van der Waals surface area contributed by atoms with E-state index < -0.39 is 0 Å². The number of rotatable bonds is 5. The van der Waals surface area contributed by atoms with E-state index in [1.165, 1.54) is 25.9 Å². The van der Waals surface area contributed by atoms with Gasteiger partial charge < -0.3 is 15.0 Å². The van der Waals surface area contributed by atoms with Crippen LogP contribution in [0.2, 0.25) is 0 Å². The van der Waals surface area contributed by atoms with Gasteiger partial charge in [-0.2, -0.15) is 0 Å². The van der Waals surface area contributed by atoms with E-state index in [2.05, 4.69) is 38.0 Å². The van der Waals surface area contributed by atoms with Crippen molar-refractivity contribution in [2.75, 3.05) is 39.8 Å². The Kier molecular flexibility index (Phi) is 5.73. The van der Waals surface area contributed by atoms with Crippen LogP contribution in [0.1, 0.15) is 33.6 Å². The van der Waals surface area contributed by atoms with Gasteiger partial charge in [-0.15, -0.1) is 0 Å². The molecule has 0 aliphatic carbocycles. The van der Waals surface area contributed by atoms with E-state index in [4.69, 9.17) is 4.74 Å². The van der Waals surface area contributed by atoms with Crippen LogP contribution in [-0.4, -0.2) is 50.3 Å². The zero-order valence-electron chi connectivity index (χ0n) is 11.4. The summed E-state index contributed by atoms with van der Waals surface area (Å²) in [6.07, 6.45) is 2.72. The van der Waals surface area contributed by atoms with Crippen LogP contribution in [-0.2, 0) is 4.74 Å². The summed E-state index contributed by atoms with van der Waals surface area (Å²) in [5.41, 5.74) is -0.00721. The molecule has 1 aliphatic rings. The minimum absolute atomic E-state index is 0.00721. The van der Waals surface area contributed by atoms with Crippen molar-refractivity contribution in [3.8, 4) is 0 Å². The highest BCUT2D eigenvalue weighted by Crippen LogP contribution is 2.13. The first-order valence-corrected chi connectivity index (χ1v) is 6.50. The lowest BCUT2D eigenvalue weighted by atomic mass is 9.98. The Hall–Kier alpha value is -0.120. The van der Waals surface area contributed by atoms with E-state index in [1.807, 2.05) is 0 Å². The lowest BCUT2D eigenvalue weighted by molar-refractivity contribution is -0.00121. The maximum absolute atomic E-state index is 5.67. The Morgan fingerprint density at radius 3 is 2.75 bits per heavy atom. The molecule has 0 bridgehead atoms. The maximum Gasteiger partial charge on any atom is 0.0599 e. The first-order chi connectivity index (χ1) is 7.47. The fourth-order valence-corrected chi connectivity index (χ4v) is 2.18. The fourth-order valence-electron chi connectivity index (χ4n) is 2.18. The van der Waals surface area contributed by atoms with Gasteiger partial charge in [-0.05, 0) is 59.7 Å². The molecule has 1 heterocycles. The molecule has 0 aromatic carbocycles. The van der Waals surface area contributed by atoms with Crippen LogP contribution in [0.25, 0.3) is 0 Å². The van der Waals surface area contributed by atoms with Crippen molar-refractivity contribution < 1.29 is 4.74 Å². The van der Waals surface area contributed by atoms with Crippen LogP contribution in [0.15, 0.2) is 0 Å². The van der Waals surface area contributed by atoms with Gasteiger partial charge >= 0.3 is 0 Å². The Bertz CT molecular complexity index is 189. The molecule has 1 saturated heterocycles. The van der Waals surface area contributed by atoms with Gasteiger partial charge in [0.05, 0.1) is 12.2 Å². The number of piperidine rings is 1. The van der Waals surface area contributed by atoms with Crippen molar-refractivity contribution in [1.82, 2.24) is 10.2 Å². The average molecular weight is 228 g/mol. The van der Waals surface area contributed by atoms with E-state index >= 15 is 0 Å². The Morgan fingerprint density at radius 2 is 2.12 bits per heavy atom. The van der Waals surface area contributed by atoms with E-state index in [-0.39, 0.29) is 5.60 Å². The third-order valence-electron chi connectivity index (χ3n) is 2.97. The number of nitrogens with one attached hydrogen (secondary N) is 1. The summed E-state index contributed by atoms with van der Waals surface area (Å²) < 4.78 is 5.67. The fraction of sp³-hybridized carbons (Fsp3) is 1.00. The summed E-state index contributed by atoms with van der Waals surface area (Å²) in [6, 6.07) is 0. The highest BCUT2D eigenvalue weighted by Gasteiger charge is 2.16. The summed E-state index contributed by atoms with van der Waals surface area (Å²) in [5.74, 6) is 0.827. The molecular weight excluding hydrogens is 200 g/mol. The summed E-state index contributed by atoms with van der Waals surface area (Å²) >= 11 is 0. The first kappa shape index (κ1) is 13.9. The summed E-state index contributed by atoms with van der Waals surface area (Å²) in [4.78, 5) is 2.43. The number of likely N-dealkylation sites (tertiary alicyclic amines) is 1. The maximum atomic E-state index is 5.67. The highest BCUT2D eigenvalue weighted by atomic mass is 16.5. The number of hydrogen-bond donors (Lipinski definition) is 1. The van der Waals surface area contributed by atoms with Crippen LogP contribution in [0, 0.1) is 5.92 Å². The minimum Gasteiger partial charge on any atom is -0.375 e. The van der Waals surface area contributed by atoms with E-state index in [0.29, 0.717) is 0 Å². The molecule has 96 valence electrons. The van der Waals surface area contributed by atoms with Gasteiger partial charge in [-0.25, -0.2) is 0 Å². The van der Waals surface area contributed by atoms with Crippen LogP contribution < -0.4 is 5.32 Å². The minimum atomic E-state index is -0.00721. The third kappa shape index (κ3) is 6.46. The number of hydrogen-bond acceptors (Lipinski definition) is 3. The molecule has 3 nitrogen and oxygen atoms in total. The van der Waals surface area contributed by atoms with Crippen molar-refractivity contribution >= 4 is 0 Å². The van der Waals surface area contributed by atoms with Crippen molar-refractivity contribution in [1.29, 1.82) is 0 Å². The largest absolute Gasteiger partial charge is 0.375 e. The van der Waals surface area contributed by atoms with Crippen molar-refractivity contribution in [3.05, 3.63) is 0 Å². The molecule has 0 amide bonds. The van der Waals surface area contributed by atoms with Gasteiger partial charge in [0, 0.05) is 13.1 Å². The molecule has 1 unspecified atom stereocenters. The number of ether oxygens (including phenoxy) is 1. The van der Waals surface area contributed by atoms with E-state index in [1.54, 1.807) is 0 Å². The van der Waals surface area contributed by atoms with Crippen molar-refractivity contribution in [2.24, 2.45) is 5.92 Å². The second-order valence-corrected chi connectivity index (χ2v) is 5.94. The molecule has 1 atom stereocenters. The van der Waals surface area contributed by atoms with Gasteiger partial charge in [0.1, 0.15) is 0 Å². The third-order valence-corrected chi connectivity index (χ3v) is 2.97. The topological polar surface area (TPSA) is 24.5 Å². The zero-order valence-corrected chi connectivity index (χ0v) is 11.4. The molecule has 3 heteroatoms. The van der Waals surface area contributed by atoms with Crippen molar-refractivity contribution in [3.63, 3.8) is 0 Å². The summed E-state index contributed by atoms with van der Waals surface area (Å²) in [6.45, 7) is 11.7. The smallest absolute Gasteiger partial charge is 0.0599 e. The predicted octanol–water partition coefficient (Wildman–Crippen LogP) is 1.73. The van der Waals surface area contributed by atoms with Crippen LogP contribution in [0.4, 0.5) is 0 Å². The molecule has 1 aliphatic heterocycles. The van der Waals surface area contributed by atoms with Gasteiger partial charge in [-0.3, -0.25) is 0 Å². The summed E-state index contributed by atoms with van der Waals surface area (Å²) in [5, 5.41) is 3.50. The quantitative estimate of drug-likeness (QED) is 0.725. The normalized spacial score (nSPS) is 23.6. The Morgan fingerprint density at radius 1 is 1.38 bits per heavy atom. The van der Waals surface area contributed by atoms with Gasteiger partial charge in [0.15, 0.2) is 0 Å². The molecule has 16 heavy (non-hydrogen) atoms. The molecule has 0 spiro atoms. The Labute approximate surface area is 101 Å². The second-order valence-electron chi connectivity index (χ2n) is 5.94. The monoisotopic (exact) mass is 228 g/mol. The highest BCUT2D eigenvalue weighted by molar-refractivity contribution is 4.72. The molecule has 1 N–H and O–H groups in total. The molecule has 0 aromatic rings. The summed E-state index contributed by atoms with van der Waals surface area (Å²) in [7, 11) is 2.22.